The molecule has 5 atom stereocenters. The van der Waals surface area contributed by atoms with Gasteiger partial charge in [-0.15, -0.1) is 0 Å². The number of fused-ring (bicyclic) bond motifs is 4. The van der Waals surface area contributed by atoms with Crippen molar-refractivity contribution in [3.8, 4) is 23.0 Å². The monoisotopic (exact) mass is 1140 g/mol. The first kappa shape index (κ1) is 58.6. The minimum absolute atomic E-state index is 0.0682. The molecule has 0 spiro atoms. The van der Waals surface area contributed by atoms with Gasteiger partial charge in [0.15, 0.2) is 17.3 Å². The molecule has 6 amide bonds. The number of nitrogens with one attached hydrogen (secondary N) is 2. The largest absolute Gasteiger partial charge is 0.497 e. The number of unbranched alkanes of at least 4 members (excludes halogenated alkanes) is 2. The van der Waals surface area contributed by atoms with Gasteiger partial charge in [0.1, 0.15) is 11.5 Å². The number of aliphatic hydroxyl groups is 1. The van der Waals surface area contributed by atoms with E-state index in [1.165, 1.54) is 23.8 Å². The van der Waals surface area contributed by atoms with Gasteiger partial charge < -0.3 is 44.5 Å². The molecule has 0 aromatic heterocycles. The Morgan fingerprint density at radius 2 is 1.32 bits per heavy atom. The first-order chi connectivity index (χ1) is 39.6. The summed E-state index contributed by atoms with van der Waals surface area (Å²) < 4.78 is 23.3. The fourth-order valence-corrected chi connectivity index (χ4v) is 11.3. The van der Waals surface area contributed by atoms with Crippen molar-refractivity contribution in [2.45, 2.75) is 109 Å². The zero-order valence-electron chi connectivity index (χ0n) is 47.0. The normalized spacial score (nSPS) is 18.7. The third-order valence-corrected chi connectivity index (χ3v) is 16.3. The third kappa shape index (κ3) is 13.1. The van der Waals surface area contributed by atoms with Gasteiger partial charge in [0.05, 0.1) is 79.9 Å². The molecule has 0 radical (unpaired) electrons. The van der Waals surface area contributed by atoms with Gasteiger partial charge >= 0.3 is 0 Å². The third-order valence-electron chi connectivity index (χ3n) is 15.3. The lowest BCUT2D eigenvalue weighted by Crippen LogP contribution is -2.45. The van der Waals surface area contributed by atoms with E-state index in [0.29, 0.717) is 96.1 Å². The standard InChI is InChI=1S/C62H69N7O12S/c1-36(2)58(66-56(72)11-8-7-9-20-67-57(73)30-55(82-6)62(67)77)51(71)23-37(3)59(74)65-43-16-12-38(13-17-43)40-24-45-32-64-50-29-54(53(79-5)27-48(50)61(76)69(45)33-40)81-22-10-21-80-52-28-49-47(26-42(52)35-70)60(75)68-34-41(25-44(68)31-63-49)39-14-18-46(78-4)19-15-39/h12-19,26-29,31-34,36-37,44-45,55,58,70H,7-11,20-25,30,35H2,1-6H3,(H,65,74)(H,66,72)/t37-,44+,45+,55?,58+/m1/s1. The minimum Gasteiger partial charge on any atom is -0.497 e. The van der Waals surface area contributed by atoms with Crippen LogP contribution in [0.15, 0.2) is 95.2 Å². The van der Waals surface area contributed by atoms with Crippen LogP contribution < -0.4 is 29.6 Å². The summed E-state index contributed by atoms with van der Waals surface area (Å²) in [7, 11) is 3.12. The lowest BCUT2D eigenvalue weighted by Gasteiger charge is -2.23. The van der Waals surface area contributed by atoms with Gasteiger partial charge in [-0.2, -0.15) is 11.8 Å². The van der Waals surface area contributed by atoms with Crippen LogP contribution in [0.25, 0.3) is 11.1 Å². The van der Waals surface area contributed by atoms with Crippen molar-refractivity contribution >= 4 is 93.6 Å². The van der Waals surface area contributed by atoms with Crippen LogP contribution in [-0.4, -0.2) is 137 Å². The summed E-state index contributed by atoms with van der Waals surface area (Å²) >= 11 is 1.38. The Morgan fingerprint density at radius 1 is 0.720 bits per heavy atom. The van der Waals surface area contributed by atoms with Crippen molar-refractivity contribution in [2.24, 2.45) is 21.8 Å². The Labute approximate surface area is 481 Å². The van der Waals surface area contributed by atoms with Crippen LogP contribution in [0.3, 0.4) is 0 Å². The quantitative estimate of drug-likeness (QED) is 0.0417. The van der Waals surface area contributed by atoms with Gasteiger partial charge in [-0.3, -0.25) is 48.4 Å². The van der Waals surface area contributed by atoms with E-state index >= 15 is 0 Å². The smallest absolute Gasteiger partial charge is 0.260 e. The number of carbonyl (C=O) groups is 7. The van der Waals surface area contributed by atoms with Gasteiger partial charge in [-0.25, -0.2) is 0 Å². The number of thioether (sulfide) groups is 1. The predicted molar refractivity (Wildman–Crippen MR) is 313 cm³/mol. The van der Waals surface area contributed by atoms with E-state index < -0.39 is 12.0 Å². The summed E-state index contributed by atoms with van der Waals surface area (Å²) in [6.45, 7) is 5.81. The van der Waals surface area contributed by atoms with Crippen LogP contribution in [0.2, 0.25) is 0 Å². The van der Waals surface area contributed by atoms with E-state index in [-0.39, 0.29) is 104 Å². The topological polar surface area (TPSA) is 235 Å². The molecule has 19 nitrogen and oxygen atoms in total. The molecule has 9 rings (SSSR count). The molecule has 1 unspecified atom stereocenters. The first-order valence-electron chi connectivity index (χ1n) is 27.7. The fourth-order valence-electron chi connectivity index (χ4n) is 10.6. The molecule has 0 saturated carbocycles. The molecule has 0 aliphatic carbocycles. The lowest BCUT2D eigenvalue weighted by atomic mass is 9.92. The van der Waals surface area contributed by atoms with Crippen LogP contribution >= 0.6 is 11.8 Å². The number of likely N-dealkylation sites (tertiary alicyclic amines) is 1. The molecule has 5 heterocycles. The Morgan fingerprint density at radius 3 is 1.89 bits per heavy atom. The van der Waals surface area contributed by atoms with Gasteiger partial charge in [0, 0.05) is 99.2 Å². The predicted octanol–water partition coefficient (Wildman–Crippen LogP) is 8.71. The van der Waals surface area contributed by atoms with E-state index in [1.807, 2.05) is 68.9 Å². The number of ketones is 1. The number of carbonyl (C=O) groups excluding carboxylic acids is 7. The lowest BCUT2D eigenvalue weighted by molar-refractivity contribution is -0.138. The molecular weight excluding hydrogens is 1070 g/mol. The number of aliphatic hydroxyl groups excluding tert-OH is 1. The van der Waals surface area contributed by atoms with E-state index in [0.717, 1.165) is 28.0 Å². The summed E-state index contributed by atoms with van der Waals surface area (Å²) in [5, 5.41) is 15.8. The number of aliphatic imine (C=N–C) groups is 2. The summed E-state index contributed by atoms with van der Waals surface area (Å²) in [5.41, 5.74) is 6.36. The van der Waals surface area contributed by atoms with Crippen molar-refractivity contribution in [1.29, 1.82) is 0 Å². The maximum absolute atomic E-state index is 14.1. The number of hydrogen-bond donors (Lipinski definition) is 3. The highest BCUT2D eigenvalue weighted by Crippen LogP contribution is 2.41. The summed E-state index contributed by atoms with van der Waals surface area (Å²) in [5.74, 6) is -0.584. The van der Waals surface area contributed by atoms with Crippen molar-refractivity contribution in [3.05, 3.63) is 113 Å². The zero-order chi connectivity index (χ0) is 58.2. The number of ether oxygens (including phenoxy) is 4. The number of imide groups is 1. The minimum atomic E-state index is -0.760. The molecule has 82 heavy (non-hydrogen) atoms. The number of methoxy groups -OCH3 is 2. The summed E-state index contributed by atoms with van der Waals surface area (Å²) in [4.78, 5) is 106. The van der Waals surface area contributed by atoms with Crippen LogP contribution in [0.5, 0.6) is 23.0 Å². The molecular formula is C62H69N7O12S. The van der Waals surface area contributed by atoms with Crippen LogP contribution in [0.1, 0.15) is 116 Å². The Bertz CT molecular complexity index is 3250. The molecule has 5 aliphatic rings. The second-order valence-corrected chi connectivity index (χ2v) is 22.4. The molecule has 4 aromatic rings. The van der Waals surface area contributed by atoms with Crippen molar-refractivity contribution in [2.75, 3.05) is 45.6 Å². The van der Waals surface area contributed by atoms with Crippen LogP contribution in [0.4, 0.5) is 17.1 Å². The van der Waals surface area contributed by atoms with Gasteiger partial charge in [0.2, 0.25) is 23.6 Å². The first-order valence-corrected chi connectivity index (χ1v) is 29.0. The number of amides is 6. The average molecular weight is 1140 g/mol. The van der Waals surface area contributed by atoms with Gasteiger partial charge in [0.25, 0.3) is 11.8 Å². The molecule has 0 bridgehead atoms. The van der Waals surface area contributed by atoms with Crippen molar-refractivity contribution < 1.29 is 57.6 Å². The molecule has 4 aromatic carbocycles. The highest BCUT2D eigenvalue weighted by molar-refractivity contribution is 8.00. The van der Waals surface area contributed by atoms with Crippen molar-refractivity contribution in [1.82, 2.24) is 20.0 Å². The zero-order valence-corrected chi connectivity index (χ0v) is 47.8. The van der Waals surface area contributed by atoms with E-state index in [2.05, 4.69) is 15.6 Å². The Hall–Kier alpha value is -8.10. The van der Waals surface area contributed by atoms with Crippen molar-refractivity contribution in [3.63, 3.8) is 0 Å². The average Bonchev–Trinajstić information content (AvgIpc) is 3.94. The number of anilines is 1. The van der Waals surface area contributed by atoms with Gasteiger partial charge in [-0.05, 0) is 83.7 Å². The Kier molecular flexibility index (Phi) is 18.7. The highest BCUT2D eigenvalue weighted by Gasteiger charge is 2.38. The van der Waals surface area contributed by atoms with Crippen LogP contribution in [-0.2, 0) is 30.6 Å². The molecule has 430 valence electrons. The Balaban J connectivity index is 0.733. The molecule has 5 aliphatic heterocycles. The second kappa shape index (κ2) is 26.2. The SMILES string of the molecule is COc1ccc(C2=CN3C(=O)c4cc(CO)c(OCCCOc5cc6c(cc5OC)C(=O)N5C=C(c7ccc(NC(=O)[C@H](C)CC(=O)[C@@H](NC(=O)CCCCCN8C(=O)CC(SC)C8=O)C(C)C)cc7)C[C@H]5C=N6)cc4N=C[C@@H]3C2)cc1. The fraction of sp³-hybridized carbons (Fsp3) is 0.403. The highest BCUT2D eigenvalue weighted by atomic mass is 32.2. The molecule has 3 N–H and O–H groups in total. The van der Waals surface area contributed by atoms with E-state index in [9.17, 15) is 38.7 Å². The number of Topliss-reactive ketones (excluding diaryl/α,β-unsaturated/α-hetero) is 1. The molecule has 20 heteroatoms. The summed E-state index contributed by atoms with van der Waals surface area (Å²) in [6.07, 6.45) is 12.7. The van der Waals surface area contributed by atoms with E-state index in [1.54, 1.807) is 72.7 Å². The van der Waals surface area contributed by atoms with Crippen LogP contribution in [0, 0.1) is 11.8 Å². The summed E-state index contributed by atoms with van der Waals surface area (Å²) in [6, 6.07) is 20.2. The molecule has 1 fully saturated rings. The second-order valence-electron chi connectivity index (χ2n) is 21.3. The van der Waals surface area contributed by atoms with Gasteiger partial charge in [-0.1, -0.05) is 51.5 Å². The number of nitrogens with zero attached hydrogens (tertiary/aromatic N) is 5. The number of benzene rings is 4. The maximum Gasteiger partial charge on any atom is 0.260 e. The maximum atomic E-state index is 14.1. The molecule has 1 saturated heterocycles. The number of rotatable bonds is 25. The number of hydrogen-bond acceptors (Lipinski definition) is 15. The van der Waals surface area contributed by atoms with E-state index in [4.69, 9.17) is 23.9 Å².